The molecule has 0 aromatic heterocycles. The molecule has 110 valence electrons. The van der Waals surface area contributed by atoms with Crippen LogP contribution in [0.4, 0.5) is 0 Å². The molecular weight excluding hydrogens is 244 g/mol. The Morgan fingerprint density at radius 3 is 2.74 bits per heavy atom. The zero-order chi connectivity index (χ0) is 13.7. The van der Waals surface area contributed by atoms with Crippen molar-refractivity contribution < 1.29 is 14.6 Å². The topological polar surface area (TPSA) is 53.0 Å². The number of likely N-dealkylation sites (N-methyl/N-ethyl adjacent to an activating group) is 1. The summed E-state index contributed by atoms with van der Waals surface area (Å²) in [6.45, 7) is 4.28. The first-order chi connectivity index (χ1) is 9.15. The largest absolute Gasteiger partial charge is 0.390 e. The van der Waals surface area contributed by atoms with Gasteiger partial charge in [0.05, 0.1) is 19.3 Å². The molecule has 1 N–H and O–H groups in total. The van der Waals surface area contributed by atoms with Gasteiger partial charge in [-0.25, -0.2) is 0 Å². The van der Waals surface area contributed by atoms with Gasteiger partial charge >= 0.3 is 0 Å². The Balaban J connectivity index is 1.61. The fourth-order valence-electron chi connectivity index (χ4n) is 2.48. The number of aliphatic hydroxyl groups excluding tert-OH is 1. The number of β-amino-alcohol motifs (C(OH)–C–C–N with tert-alkyl or cyclic N) is 1. The number of carbonyl (C=O) groups excluding carboxylic acids is 1. The maximum absolute atomic E-state index is 11.9. The van der Waals surface area contributed by atoms with E-state index in [4.69, 9.17) is 4.74 Å². The number of amides is 1. The van der Waals surface area contributed by atoms with Gasteiger partial charge < -0.3 is 14.7 Å². The van der Waals surface area contributed by atoms with E-state index in [1.54, 1.807) is 11.9 Å². The van der Waals surface area contributed by atoms with Crippen LogP contribution in [0.5, 0.6) is 0 Å². The smallest absolute Gasteiger partial charge is 0.222 e. The van der Waals surface area contributed by atoms with E-state index in [2.05, 4.69) is 4.90 Å². The highest BCUT2D eigenvalue weighted by Gasteiger charge is 2.23. The van der Waals surface area contributed by atoms with Gasteiger partial charge in [0, 0.05) is 39.6 Å². The van der Waals surface area contributed by atoms with Gasteiger partial charge in [-0.1, -0.05) is 12.8 Å². The molecular formula is C14H26N2O3. The molecule has 1 amide bonds. The zero-order valence-corrected chi connectivity index (χ0v) is 11.9. The normalized spacial score (nSPS) is 22.2. The number of ether oxygens (including phenoxy) is 1. The summed E-state index contributed by atoms with van der Waals surface area (Å²) in [7, 11) is 1.79. The lowest BCUT2D eigenvalue weighted by molar-refractivity contribution is -0.131. The van der Waals surface area contributed by atoms with Crippen LogP contribution in [0.3, 0.4) is 0 Å². The number of carbonyl (C=O) groups is 1. The Hall–Kier alpha value is -0.650. The molecule has 0 aromatic carbocycles. The standard InChI is InChI=1S/C14H26N2O3/c1-15(14(18)5-4-12-2-3-12)10-13(17)11-16-6-8-19-9-7-16/h12-13,17H,2-11H2,1H3. The molecule has 1 saturated carbocycles. The maximum atomic E-state index is 11.9. The average Bonchev–Trinajstić information content (AvgIpc) is 3.21. The van der Waals surface area contributed by atoms with E-state index < -0.39 is 6.10 Å². The minimum atomic E-state index is -0.465. The summed E-state index contributed by atoms with van der Waals surface area (Å²) in [4.78, 5) is 15.7. The minimum absolute atomic E-state index is 0.160. The van der Waals surface area contributed by atoms with Gasteiger partial charge in [0.2, 0.25) is 5.91 Å². The Labute approximate surface area is 115 Å². The van der Waals surface area contributed by atoms with Crippen LogP contribution < -0.4 is 0 Å². The predicted octanol–water partition coefficient (Wildman–Crippen LogP) is 0.328. The van der Waals surface area contributed by atoms with Crippen molar-refractivity contribution in [2.24, 2.45) is 5.92 Å². The fraction of sp³-hybridized carbons (Fsp3) is 0.929. The van der Waals surface area contributed by atoms with Crippen LogP contribution in [0.1, 0.15) is 25.7 Å². The summed E-state index contributed by atoms with van der Waals surface area (Å²) in [5.41, 5.74) is 0. The van der Waals surface area contributed by atoms with Crippen LogP contribution in [0, 0.1) is 5.92 Å². The van der Waals surface area contributed by atoms with E-state index in [1.165, 1.54) is 12.8 Å². The van der Waals surface area contributed by atoms with Gasteiger partial charge in [-0.2, -0.15) is 0 Å². The van der Waals surface area contributed by atoms with Crippen molar-refractivity contribution >= 4 is 5.91 Å². The van der Waals surface area contributed by atoms with Crippen LogP contribution in [0.25, 0.3) is 0 Å². The van der Waals surface area contributed by atoms with Crippen molar-refractivity contribution in [2.45, 2.75) is 31.8 Å². The fourth-order valence-corrected chi connectivity index (χ4v) is 2.48. The quantitative estimate of drug-likeness (QED) is 0.724. The average molecular weight is 270 g/mol. The zero-order valence-electron chi connectivity index (χ0n) is 11.9. The predicted molar refractivity (Wildman–Crippen MR) is 72.9 cm³/mol. The number of hydrogen-bond acceptors (Lipinski definition) is 4. The molecule has 1 heterocycles. The lowest BCUT2D eigenvalue weighted by atomic mass is 10.2. The second kappa shape index (κ2) is 7.22. The molecule has 1 aliphatic heterocycles. The lowest BCUT2D eigenvalue weighted by Gasteiger charge is -2.30. The Morgan fingerprint density at radius 2 is 2.11 bits per heavy atom. The first-order valence-electron chi connectivity index (χ1n) is 7.37. The molecule has 0 spiro atoms. The molecule has 1 unspecified atom stereocenters. The number of aliphatic hydroxyl groups is 1. The van der Waals surface area contributed by atoms with Gasteiger partial charge in [0.25, 0.3) is 0 Å². The van der Waals surface area contributed by atoms with Crippen molar-refractivity contribution in [3.8, 4) is 0 Å². The summed E-state index contributed by atoms with van der Waals surface area (Å²) < 4.78 is 5.27. The van der Waals surface area contributed by atoms with E-state index in [1.807, 2.05) is 0 Å². The molecule has 1 saturated heterocycles. The molecule has 0 bridgehead atoms. The summed E-state index contributed by atoms with van der Waals surface area (Å²) in [5.74, 6) is 0.948. The highest BCUT2D eigenvalue weighted by atomic mass is 16.5. The Bertz CT molecular complexity index is 288. The van der Waals surface area contributed by atoms with Crippen LogP contribution in [0.15, 0.2) is 0 Å². The van der Waals surface area contributed by atoms with Crippen molar-refractivity contribution in [1.29, 1.82) is 0 Å². The van der Waals surface area contributed by atoms with E-state index in [-0.39, 0.29) is 5.91 Å². The van der Waals surface area contributed by atoms with Crippen LogP contribution in [-0.2, 0) is 9.53 Å². The molecule has 2 fully saturated rings. The van der Waals surface area contributed by atoms with Crippen LogP contribution >= 0.6 is 0 Å². The highest BCUT2D eigenvalue weighted by Crippen LogP contribution is 2.33. The Kier molecular flexibility index (Phi) is 5.60. The molecule has 5 nitrogen and oxygen atoms in total. The highest BCUT2D eigenvalue weighted by molar-refractivity contribution is 5.75. The van der Waals surface area contributed by atoms with Crippen LogP contribution in [0.2, 0.25) is 0 Å². The first kappa shape index (κ1) is 14.8. The minimum Gasteiger partial charge on any atom is -0.390 e. The van der Waals surface area contributed by atoms with E-state index in [9.17, 15) is 9.90 Å². The lowest BCUT2D eigenvalue weighted by Crippen LogP contribution is -2.45. The third-order valence-corrected chi connectivity index (χ3v) is 3.95. The number of rotatable bonds is 7. The van der Waals surface area contributed by atoms with Crippen molar-refractivity contribution in [2.75, 3.05) is 46.4 Å². The van der Waals surface area contributed by atoms with Crippen LogP contribution in [-0.4, -0.2) is 73.4 Å². The van der Waals surface area contributed by atoms with Crippen molar-refractivity contribution in [3.63, 3.8) is 0 Å². The molecule has 2 aliphatic rings. The molecule has 0 radical (unpaired) electrons. The Morgan fingerprint density at radius 1 is 1.42 bits per heavy atom. The van der Waals surface area contributed by atoms with Crippen molar-refractivity contribution in [1.82, 2.24) is 9.80 Å². The molecule has 19 heavy (non-hydrogen) atoms. The second-order valence-corrected chi connectivity index (χ2v) is 5.82. The van der Waals surface area contributed by atoms with E-state index in [0.29, 0.717) is 19.5 Å². The molecule has 0 aromatic rings. The summed E-state index contributed by atoms with van der Waals surface area (Å²) in [6.07, 6.45) is 3.76. The molecule has 1 aliphatic carbocycles. The van der Waals surface area contributed by atoms with Gasteiger partial charge in [-0.15, -0.1) is 0 Å². The third-order valence-electron chi connectivity index (χ3n) is 3.95. The SMILES string of the molecule is CN(CC(O)CN1CCOCC1)C(=O)CCC1CC1. The second-order valence-electron chi connectivity index (χ2n) is 5.82. The van der Waals surface area contributed by atoms with Gasteiger partial charge in [0.15, 0.2) is 0 Å². The monoisotopic (exact) mass is 270 g/mol. The summed E-state index contributed by atoms with van der Waals surface area (Å²) in [5, 5.41) is 10.0. The van der Waals surface area contributed by atoms with Gasteiger partial charge in [-0.3, -0.25) is 9.69 Å². The molecule has 1 atom stereocenters. The van der Waals surface area contributed by atoms with Gasteiger partial charge in [-0.05, 0) is 12.3 Å². The molecule has 5 heteroatoms. The van der Waals surface area contributed by atoms with Crippen molar-refractivity contribution in [3.05, 3.63) is 0 Å². The number of hydrogen-bond donors (Lipinski definition) is 1. The summed E-state index contributed by atoms with van der Waals surface area (Å²) >= 11 is 0. The summed E-state index contributed by atoms with van der Waals surface area (Å²) in [6, 6.07) is 0. The van der Waals surface area contributed by atoms with E-state index >= 15 is 0 Å². The third kappa shape index (κ3) is 5.47. The first-order valence-corrected chi connectivity index (χ1v) is 7.37. The maximum Gasteiger partial charge on any atom is 0.222 e. The van der Waals surface area contributed by atoms with E-state index in [0.717, 1.165) is 38.6 Å². The number of morpholine rings is 1. The molecule has 2 rings (SSSR count). The number of nitrogens with zero attached hydrogens (tertiary/aromatic N) is 2. The van der Waals surface area contributed by atoms with Gasteiger partial charge in [0.1, 0.15) is 0 Å².